The van der Waals surface area contributed by atoms with Crippen molar-refractivity contribution >= 4 is 18.0 Å². The second kappa shape index (κ2) is 9.36. The smallest absolute Gasteiger partial charge is 0.407 e. The van der Waals surface area contributed by atoms with Gasteiger partial charge in [0.25, 0.3) is 0 Å². The van der Waals surface area contributed by atoms with E-state index >= 15 is 0 Å². The molecule has 1 saturated carbocycles. The zero-order valence-electron chi connectivity index (χ0n) is 20.0. The Labute approximate surface area is 205 Å². The van der Waals surface area contributed by atoms with Gasteiger partial charge in [-0.2, -0.15) is 0 Å². The molecule has 2 aliphatic carbocycles. The fourth-order valence-corrected chi connectivity index (χ4v) is 6.18. The summed E-state index contributed by atoms with van der Waals surface area (Å²) in [7, 11) is 0. The molecule has 7 nitrogen and oxygen atoms in total. The molecular weight excluding hydrogens is 444 g/mol. The number of rotatable bonds is 6. The van der Waals surface area contributed by atoms with Gasteiger partial charge in [-0.3, -0.25) is 4.79 Å². The molecule has 35 heavy (non-hydrogen) atoms. The third-order valence-electron chi connectivity index (χ3n) is 8.15. The quantitative estimate of drug-likeness (QED) is 0.638. The number of hydrogen-bond acceptors (Lipinski definition) is 4. The zero-order valence-corrected chi connectivity index (χ0v) is 20.0. The average Bonchev–Trinajstić information content (AvgIpc) is 3.54. The molecular formula is C28H32N2O5. The number of carboxylic acid groups (broad SMARTS) is 1. The fraction of sp³-hybridized carbons (Fsp3) is 0.464. The van der Waals surface area contributed by atoms with Crippen molar-refractivity contribution in [2.45, 2.75) is 62.9 Å². The van der Waals surface area contributed by atoms with Crippen LogP contribution in [0.3, 0.4) is 0 Å². The molecule has 0 unspecified atom stereocenters. The van der Waals surface area contributed by atoms with Crippen LogP contribution in [0.15, 0.2) is 48.5 Å². The van der Waals surface area contributed by atoms with E-state index in [9.17, 15) is 19.5 Å². The van der Waals surface area contributed by atoms with Crippen molar-refractivity contribution in [3.8, 4) is 11.1 Å². The lowest BCUT2D eigenvalue weighted by molar-refractivity contribution is -0.155. The minimum absolute atomic E-state index is 0.00188. The predicted octanol–water partition coefficient (Wildman–Crippen LogP) is 4.55. The molecule has 0 bridgehead atoms. The third-order valence-corrected chi connectivity index (χ3v) is 8.15. The van der Waals surface area contributed by atoms with Crippen LogP contribution in [0.4, 0.5) is 4.79 Å². The summed E-state index contributed by atoms with van der Waals surface area (Å²) in [6.07, 6.45) is 3.49. The first-order valence-corrected chi connectivity index (χ1v) is 12.5. The second-order valence-electron chi connectivity index (χ2n) is 10.2. The summed E-state index contributed by atoms with van der Waals surface area (Å²) < 4.78 is 5.70. The van der Waals surface area contributed by atoms with Gasteiger partial charge in [-0.1, -0.05) is 55.0 Å². The molecule has 0 aromatic heterocycles. The van der Waals surface area contributed by atoms with Crippen molar-refractivity contribution in [1.29, 1.82) is 0 Å². The fourth-order valence-electron chi connectivity index (χ4n) is 6.18. The number of likely N-dealkylation sites (tertiary alicyclic amines) is 1. The number of hydrogen-bond donors (Lipinski definition) is 2. The van der Waals surface area contributed by atoms with E-state index in [0.717, 1.165) is 30.4 Å². The molecule has 1 saturated heterocycles. The van der Waals surface area contributed by atoms with Crippen molar-refractivity contribution in [1.82, 2.24) is 10.2 Å². The summed E-state index contributed by atoms with van der Waals surface area (Å²) in [6.45, 7) is 2.35. The Hall–Kier alpha value is -3.35. The molecule has 184 valence electrons. The van der Waals surface area contributed by atoms with Crippen LogP contribution in [-0.4, -0.2) is 52.7 Å². The number of benzene rings is 2. The van der Waals surface area contributed by atoms with Gasteiger partial charge >= 0.3 is 12.1 Å². The lowest BCUT2D eigenvalue weighted by atomic mass is 9.95. The predicted molar refractivity (Wildman–Crippen MR) is 131 cm³/mol. The van der Waals surface area contributed by atoms with Gasteiger partial charge in [-0.05, 0) is 60.8 Å². The van der Waals surface area contributed by atoms with E-state index in [1.165, 1.54) is 16.0 Å². The highest BCUT2D eigenvalue weighted by atomic mass is 16.5. The van der Waals surface area contributed by atoms with Crippen molar-refractivity contribution in [2.24, 2.45) is 5.92 Å². The summed E-state index contributed by atoms with van der Waals surface area (Å²) in [4.78, 5) is 39.0. The van der Waals surface area contributed by atoms with E-state index in [1.807, 2.05) is 24.3 Å². The van der Waals surface area contributed by atoms with E-state index in [-0.39, 0.29) is 36.8 Å². The number of carbonyl (C=O) groups excluding carboxylic acids is 2. The average molecular weight is 477 g/mol. The number of nitrogens with one attached hydrogen (secondary N) is 1. The number of ether oxygens (including phenoxy) is 1. The first-order chi connectivity index (χ1) is 16.9. The molecule has 7 heteroatoms. The summed E-state index contributed by atoms with van der Waals surface area (Å²) >= 11 is 0. The Morgan fingerprint density at radius 1 is 1.03 bits per heavy atom. The Balaban J connectivity index is 1.19. The molecule has 2 aromatic rings. The van der Waals surface area contributed by atoms with Crippen LogP contribution in [-0.2, 0) is 14.3 Å². The van der Waals surface area contributed by atoms with Gasteiger partial charge in [0.15, 0.2) is 0 Å². The Kier molecular flexibility index (Phi) is 6.26. The Morgan fingerprint density at radius 3 is 2.34 bits per heavy atom. The summed E-state index contributed by atoms with van der Waals surface area (Å²) in [5.74, 6) is -1.11. The van der Waals surface area contributed by atoms with Crippen LogP contribution in [0.25, 0.3) is 11.1 Å². The molecule has 2 amide bonds. The van der Waals surface area contributed by atoms with Crippen LogP contribution >= 0.6 is 0 Å². The normalized spacial score (nSPS) is 25.2. The topological polar surface area (TPSA) is 95.9 Å². The number of carboxylic acids is 1. The lowest BCUT2D eigenvalue weighted by Gasteiger charge is -2.32. The molecule has 3 aliphatic rings. The van der Waals surface area contributed by atoms with Crippen molar-refractivity contribution in [2.75, 3.05) is 13.2 Å². The summed E-state index contributed by atoms with van der Waals surface area (Å²) in [6, 6.07) is 16.3. The number of aliphatic carboxylic acids is 1. The van der Waals surface area contributed by atoms with E-state index in [1.54, 1.807) is 6.92 Å². The standard InChI is InChI=1S/C28H32N2O5/c1-28(26(32)33)14-7-15-30(28)25(31)16-18-8-6-13-24(18)29-27(34)35-17-23-21-11-4-2-9-19(21)20-10-3-5-12-22(20)23/h2-5,9-12,18,23-24H,6-8,13-17H2,1H3,(H,29,34)(H,32,33)/t18-,24+,28-/m0/s1. The van der Waals surface area contributed by atoms with Gasteiger partial charge in [-0.25, -0.2) is 9.59 Å². The highest BCUT2D eigenvalue weighted by Crippen LogP contribution is 2.44. The first kappa shape index (κ1) is 23.4. The molecule has 1 heterocycles. The molecule has 2 aromatic carbocycles. The maximum absolute atomic E-state index is 13.0. The zero-order chi connectivity index (χ0) is 24.6. The highest BCUT2D eigenvalue weighted by molar-refractivity contribution is 5.87. The molecule has 2 fully saturated rings. The van der Waals surface area contributed by atoms with E-state index in [0.29, 0.717) is 19.4 Å². The maximum atomic E-state index is 13.0. The monoisotopic (exact) mass is 476 g/mol. The first-order valence-electron chi connectivity index (χ1n) is 12.5. The molecule has 0 radical (unpaired) electrons. The van der Waals surface area contributed by atoms with E-state index in [2.05, 4.69) is 29.6 Å². The summed E-state index contributed by atoms with van der Waals surface area (Å²) in [5, 5.41) is 12.6. The van der Waals surface area contributed by atoms with E-state index in [4.69, 9.17) is 4.74 Å². The second-order valence-corrected chi connectivity index (χ2v) is 10.2. The molecule has 3 atom stereocenters. The minimum atomic E-state index is -1.13. The minimum Gasteiger partial charge on any atom is -0.480 e. The Morgan fingerprint density at radius 2 is 1.69 bits per heavy atom. The van der Waals surface area contributed by atoms with Crippen LogP contribution in [0.2, 0.25) is 0 Å². The molecule has 0 spiro atoms. The largest absolute Gasteiger partial charge is 0.480 e. The highest BCUT2D eigenvalue weighted by Gasteiger charge is 2.46. The van der Waals surface area contributed by atoms with Gasteiger partial charge in [0.2, 0.25) is 5.91 Å². The van der Waals surface area contributed by atoms with Gasteiger partial charge in [0, 0.05) is 24.9 Å². The van der Waals surface area contributed by atoms with E-state index < -0.39 is 17.6 Å². The SMILES string of the molecule is C[C@@]1(C(=O)O)CCCN1C(=O)C[C@@H]1CCC[C@H]1NC(=O)OCC1c2ccccc2-c2ccccc21. The number of fused-ring (bicyclic) bond motifs is 3. The third kappa shape index (κ3) is 4.28. The number of carbonyl (C=O) groups is 3. The molecule has 1 aliphatic heterocycles. The van der Waals surface area contributed by atoms with Crippen molar-refractivity contribution < 1.29 is 24.2 Å². The van der Waals surface area contributed by atoms with Crippen LogP contribution in [0.5, 0.6) is 0 Å². The van der Waals surface area contributed by atoms with Crippen molar-refractivity contribution in [3.05, 3.63) is 59.7 Å². The van der Waals surface area contributed by atoms with Gasteiger partial charge in [0.1, 0.15) is 12.1 Å². The van der Waals surface area contributed by atoms with Crippen LogP contribution in [0.1, 0.15) is 62.5 Å². The summed E-state index contributed by atoms with van der Waals surface area (Å²) in [5.41, 5.74) is 3.56. The van der Waals surface area contributed by atoms with Gasteiger partial charge in [0.05, 0.1) is 0 Å². The molecule has 2 N–H and O–H groups in total. The number of nitrogens with zero attached hydrogens (tertiary/aromatic N) is 1. The molecule has 5 rings (SSSR count). The maximum Gasteiger partial charge on any atom is 0.407 e. The number of alkyl carbamates (subject to hydrolysis) is 1. The van der Waals surface area contributed by atoms with Crippen molar-refractivity contribution in [3.63, 3.8) is 0 Å². The van der Waals surface area contributed by atoms with Crippen LogP contribution in [0, 0.1) is 5.92 Å². The Bertz CT molecular complexity index is 1100. The van der Waals surface area contributed by atoms with Gasteiger partial charge < -0.3 is 20.1 Å². The lowest BCUT2D eigenvalue weighted by Crippen LogP contribution is -2.51. The number of amides is 2. The van der Waals surface area contributed by atoms with Crippen LogP contribution < -0.4 is 5.32 Å². The van der Waals surface area contributed by atoms with Gasteiger partial charge in [-0.15, -0.1) is 0 Å².